The molecule has 0 aromatic heterocycles. The highest BCUT2D eigenvalue weighted by Gasteiger charge is 2.28. The number of nitrogens with zero attached hydrogens (tertiary/aromatic N) is 1. The topological polar surface area (TPSA) is 138 Å². The smallest absolute Gasteiger partial charge is 0.408 e. The summed E-state index contributed by atoms with van der Waals surface area (Å²) < 4.78 is 10.5. The molecular formula is C24H31N5O4. The van der Waals surface area contributed by atoms with Crippen LogP contribution in [0, 0.1) is 11.3 Å². The van der Waals surface area contributed by atoms with Gasteiger partial charge in [-0.1, -0.05) is 26.0 Å². The van der Waals surface area contributed by atoms with E-state index in [0.29, 0.717) is 35.7 Å². The zero-order valence-electron chi connectivity index (χ0n) is 19.4. The number of methoxy groups -OCH3 is 1. The molecule has 0 aliphatic rings. The van der Waals surface area contributed by atoms with Crippen LogP contribution in [0.3, 0.4) is 0 Å². The average molecular weight is 454 g/mol. The number of carbonyl (C=O) groups is 2. The summed E-state index contributed by atoms with van der Waals surface area (Å²) in [7, 11) is 1.50. The van der Waals surface area contributed by atoms with Gasteiger partial charge in [-0.25, -0.2) is 9.59 Å². The van der Waals surface area contributed by atoms with E-state index in [4.69, 9.17) is 20.5 Å². The second-order valence-corrected chi connectivity index (χ2v) is 7.73. The fraction of sp³-hybridized carbons (Fsp3) is 0.375. The number of nitrogens with two attached hydrogens (primary N) is 1. The van der Waals surface area contributed by atoms with Crippen LogP contribution in [0.1, 0.15) is 45.6 Å². The lowest BCUT2D eigenvalue weighted by atomic mass is 9.89. The first-order valence-electron chi connectivity index (χ1n) is 10.7. The Hall–Kier alpha value is -3.93. The molecule has 0 fully saturated rings. The van der Waals surface area contributed by atoms with Crippen LogP contribution >= 0.6 is 0 Å². The molecule has 33 heavy (non-hydrogen) atoms. The van der Waals surface area contributed by atoms with Gasteiger partial charge in [0.1, 0.15) is 11.9 Å². The highest BCUT2D eigenvalue weighted by molar-refractivity contribution is 6.00. The van der Waals surface area contributed by atoms with Gasteiger partial charge in [-0.15, -0.1) is 0 Å². The number of rotatable bonds is 9. The van der Waals surface area contributed by atoms with Crippen molar-refractivity contribution in [2.75, 3.05) is 23.5 Å². The predicted molar refractivity (Wildman–Crippen MR) is 128 cm³/mol. The lowest BCUT2D eigenvalue weighted by Gasteiger charge is -2.31. The molecule has 3 amide bonds. The second kappa shape index (κ2) is 11.6. The molecule has 2 atom stereocenters. The number of nitrogens with one attached hydrogen (secondary N) is 3. The second-order valence-electron chi connectivity index (χ2n) is 7.73. The van der Waals surface area contributed by atoms with Crippen LogP contribution < -0.4 is 26.4 Å². The number of carbonyl (C=O) groups excluding carboxylic acids is 2. The number of alkyl carbamates (subject to hydrolysis) is 1. The summed E-state index contributed by atoms with van der Waals surface area (Å²) in [6, 6.07) is 13.7. The monoisotopic (exact) mass is 453 g/mol. The van der Waals surface area contributed by atoms with E-state index in [9.17, 15) is 9.59 Å². The van der Waals surface area contributed by atoms with Gasteiger partial charge in [0, 0.05) is 17.4 Å². The quantitative estimate of drug-likeness (QED) is 0.396. The Morgan fingerprint density at radius 3 is 2.45 bits per heavy atom. The Balaban J connectivity index is 2.10. The lowest BCUT2D eigenvalue weighted by molar-refractivity contribution is 0.0880. The van der Waals surface area contributed by atoms with Gasteiger partial charge < -0.3 is 31.2 Å². The van der Waals surface area contributed by atoms with Crippen molar-refractivity contribution in [3.63, 3.8) is 0 Å². The predicted octanol–water partition coefficient (Wildman–Crippen LogP) is 4.97. The number of benzene rings is 2. The average Bonchev–Trinajstić information content (AvgIpc) is 2.79. The molecule has 0 saturated carbocycles. The number of ether oxygens (including phenoxy) is 2. The summed E-state index contributed by atoms with van der Waals surface area (Å²) in [5.41, 5.74) is 7.41. The van der Waals surface area contributed by atoms with Gasteiger partial charge in [-0.3, -0.25) is 0 Å². The summed E-state index contributed by atoms with van der Waals surface area (Å²) in [6.07, 6.45) is 0.229. The van der Waals surface area contributed by atoms with Crippen molar-refractivity contribution in [3.05, 3.63) is 48.0 Å². The third kappa shape index (κ3) is 7.04. The molecule has 2 rings (SSSR count). The van der Waals surface area contributed by atoms with Gasteiger partial charge in [0.25, 0.3) is 0 Å². The highest BCUT2D eigenvalue weighted by atomic mass is 16.6. The summed E-state index contributed by atoms with van der Waals surface area (Å²) in [5, 5.41) is 17.3. The molecular weight excluding hydrogens is 422 g/mol. The van der Waals surface area contributed by atoms with Crippen molar-refractivity contribution in [2.24, 2.45) is 0 Å². The van der Waals surface area contributed by atoms with E-state index in [1.807, 2.05) is 32.9 Å². The third-order valence-corrected chi connectivity index (χ3v) is 5.38. The summed E-state index contributed by atoms with van der Waals surface area (Å²) >= 11 is 0. The Bertz CT molecular complexity index is 1020. The van der Waals surface area contributed by atoms with E-state index in [1.165, 1.54) is 7.11 Å². The molecule has 0 spiro atoms. The van der Waals surface area contributed by atoms with Crippen LogP contribution in [0.25, 0.3) is 0 Å². The maximum absolute atomic E-state index is 12.5. The zero-order chi connectivity index (χ0) is 24.4. The first-order chi connectivity index (χ1) is 15.7. The molecule has 176 valence electrons. The number of urea groups is 1. The van der Waals surface area contributed by atoms with Crippen LogP contribution in [0.2, 0.25) is 0 Å². The van der Waals surface area contributed by atoms with E-state index in [0.717, 1.165) is 5.56 Å². The minimum absolute atomic E-state index is 0.140. The van der Waals surface area contributed by atoms with Crippen molar-refractivity contribution >= 4 is 29.2 Å². The molecule has 0 aliphatic heterocycles. The first kappa shape index (κ1) is 25.3. The molecule has 0 heterocycles. The fourth-order valence-electron chi connectivity index (χ4n) is 3.16. The summed E-state index contributed by atoms with van der Waals surface area (Å²) in [5.74, 6) is 0.464. The number of nitriles is 1. The van der Waals surface area contributed by atoms with Gasteiger partial charge in [0.05, 0.1) is 30.8 Å². The van der Waals surface area contributed by atoms with Gasteiger partial charge in [-0.2, -0.15) is 5.26 Å². The van der Waals surface area contributed by atoms with Crippen molar-refractivity contribution < 1.29 is 19.1 Å². The van der Waals surface area contributed by atoms with Crippen molar-refractivity contribution in [3.8, 4) is 11.8 Å². The third-order valence-electron chi connectivity index (χ3n) is 5.38. The van der Waals surface area contributed by atoms with Crippen LogP contribution in [0.5, 0.6) is 5.75 Å². The molecule has 2 aromatic rings. The molecule has 2 aromatic carbocycles. The minimum atomic E-state index is -0.736. The number of amides is 3. The molecule has 1 unspecified atom stereocenters. The standard InChI is InChI=1S/C24H31N5O4/c1-5-19(12-13-25)33-23(31)29-24(3,6-2)16-8-7-9-17(14-16)27-22(30)28-18-10-11-20(26)21(15-18)32-4/h7-11,14-15,19H,5-6,12,26H2,1-4H3,(H,29,31)(H2,27,28,30)/t19-,24?/m1/s1. The van der Waals surface area contributed by atoms with Crippen molar-refractivity contribution in [1.29, 1.82) is 5.26 Å². The Morgan fingerprint density at radius 1 is 1.15 bits per heavy atom. The van der Waals surface area contributed by atoms with Gasteiger partial charge in [0.2, 0.25) is 0 Å². The largest absolute Gasteiger partial charge is 0.495 e. The van der Waals surface area contributed by atoms with Gasteiger partial charge >= 0.3 is 12.1 Å². The Labute approximate surface area is 194 Å². The molecule has 9 nitrogen and oxygen atoms in total. The van der Waals surface area contributed by atoms with Crippen LogP contribution in [0.15, 0.2) is 42.5 Å². The van der Waals surface area contributed by atoms with Gasteiger partial charge in [0.15, 0.2) is 0 Å². The summed E-state index contributed by atoms with van der Waals surface area (Å²) in [4.78, 5) is 24.9. The van der Waals surface area contributed by atoms with E-state index in [2.05, 4.69) is 16.0 Å². The van der Waals surface area contributed by atoms with Crippen molar-refractivity contribution in [2.45, 2.75) is 51.7 Å². The highest BCUT2D eigenvalue weighted by Crippen LogP contribution is 2.28. The molecule has 0 bridgehead atoms. The van der Waals surface area contributed by atoms with E-state index in [1.54, 1.807) is 36.4 Å². The molecule has 5 N–H and O–H groups in total. The Morgan fingerprint density at radius 2 is 1.85 bits per heavy atom. The van der Waals surface area contributed by atoms with E-state index < -0.39 is 23.8 Å². The number of anilines is 3. The molecule has 0 saturated heterocycles. The first-order valence-corrected chi connectivity index (χ1v) is 10.7. The Kier molecular flexibility index (Phi) is 8.92. The fourth-order valence-corrected chi connectivity index (χ4v) is 3.16. The molecule has 0 aliphatic carbocycles. The van der Waals surface area contributed by atoms with E-state index >= 15 is 0 Å². The van der Waals surface area contributed by atoms with Crippen molar-refractivity contribution in [1.82, 2.24) is 5.32 Å². The van der Waals surface area contributed by atoms with Crippen LogP contribution in [-0.4, -0.2) is 25.3 Å². The number of hydrogen-bond acceptors (Lipinski definition) is 6. The number of nitrogen functional groups attached to an aromatic ring is 1. The zero-order valence-corrected chi connectivity index (χ0v) is 19.4. The maximum Gasteiger partial charge on any atom is 0.408 e. The van der Waals surface area contributed by atoms with Crippen LogP contribution in [0.4, 0.5) is 26.7 Å². The SMILES string of the molecule is CC[C@H](CC#N)OC(=O)NC(C)(CC)c1cccc(NC(=O)Nc2ccc(N)c(OC)c2)c1. The molecule has 9 heteroatoms. The van der Waals surface area contributed by atoms with Crippen LogP contribution in [-0.2, 0) is 10.3 Å². The van der Waals surface area contributed by atoms with E-state index in [-0.39, 0.29) is 6.42 Å². The summed E-state index contributed by atoms with van der Waals surface area (Å²) in [6.45, 7) is 5.67. The van der Waals surface area contributed by atoms with Gasteiger partial charge in [-0.05, 0) is 49.6 Å². The number of hydrogen-bond donors (Lipinski definition) is 4. The maximum atomic E-state index is 12.5. The minimum Gasteiger partial charge on any atom is -0.495 e. The lowest BCUT2D eigenvalue weighted by Crippen LogP contribution is -2.44. The molecule has 0 radical (unpaired) electrons. The normalized spacial score (nSPS) is 13.1.